The van der Waals surface area contributed by atoms with Crippen LogP contribution in [0.1, 0.15) is 37.8 Å². The van der Waals surface area contributed by atoms with Crippen molar-refractivity contribution in [1.29, 1.82) is 0 Å². The smallest absolute Gasteiger partial charge is 0.0150 e. The van der Waals surface area contributed by atoms with Crippen LogP contribution in [0.15, 0.2) is 55.1 Å². The maximum atomic E-state index is 3.89. The molecule has 0 aliphatic rings. The van der Waals surface area contributed by atoms with E-state index in [1.807, 2.05) is 25.2 Å². The molecule has 16 heavy (non-hydrogen) atoms. The Morgan fingerprint density at radius 3 is 2.50 bits per heavy atom. The van der Waals surface area contributed by atoms with E-state index in [1.54, 1.807) is 0 Å². The van der Waals surface area contributed by atoms with Crippen LogP contribution in [-0.2, 0) is 0 Å². The maximum Gasteiger partial charge on any atom is -0.0150 e. The Hall–Kier alpha value is -1.56. The molecule has 1 rings (SSSR count). The molecule has 0 amide bonds. The Bertz CT molecular complexity index is 406. The zero-order chi connectivity index (χ0) is 12.0. The van der Waals surface area contributed by atoms with E-state index in [9.17, 15) is 0 Å². The highest BCUT2D eigenvalue weighted by Gasteiger charge is 2.06. The zero-order valence-electron chi connectivity index (χ0n) is 10.4. The zero-order valence-corrected chi connectivity index (χ0v) is 10.4. The highest BCUT2D eigenvalue weighted by atomic mass is 14.1. The van der Waals surface area contributed by atoms with Crippen molar-refractivity contribution in [2.24, 2.45) is 0 Å². The maximum absolute atomic E-state index is 3.89. The van der Waals surface area contributed by atoms with Crippen LogP contribution in [0.5, 0.6) is 0 Å². The average molecular weight is 212 g/mol. The molecule has 0 radical (unpaired) electrons. The largest absolute Gasteiger partial charge is 0.0984 e. The number of allylic oxidation sites excluding steroid dienone is 5. The molecule has 0 spiro atoms. The van der Waals surface area contributed by atoms with Gasteiger partial charge in [-0.1, -0.05) is 69.0 Å². The van der Waals surface area contributed by atoms with Crippen molar-refractivity contribution in [1.82, 2.24) is 0 Å². The molecule has 84 valence electrons. The summed E-state index contributed by atoms with van der Waals surface area (Å²) < 4.78 is 0. The summed E-state index contributed by atoms with van der Waals surface area (Å²) in [5, 5.41) is 0. The number of rotatable bonds is 4. The summed E-state index contributed by atoms with van der Waals surface area (Å²) >= 11 is 0. The van der Waals surface area contributed by atoms with Gasteiger partial charge in [-0.15, -0.1) is 0 Å². The summed E-state index contributed by atoms with van der Waals surface area (Å²) in [7, 11) is 0. The molecule has 0 aromatic heterocycles. The molecule has 0 aliphatic heterocycles. The molecule has 0 heterocycles. The van der Waals surface area contributed by atoms with Crippen LogP contribution in [0.25, 0.3) is 5.57 Å². The van der Waals surface area contributed by atoms with Crippen molar-refractivity contribution in [3.8, 4) is 0 Å². The highest BCUT2D eigenvalue weighted by Crippen LogP contribution is 2.26. The predicted octanol–water partition coefficient (Wildman–Crippen LogP) is 4.96. The molecule has 0 fully saturated rings. The molecule has 1 aromatic rings. The van der Waals surface area contributed by atoms with Crippen LogP contribution >= 0.6 is 0 Å². The van der Waals surface area contributed by atoms with E-state index >= 15 is 0 Å². The fraction of sp³-hybridized carbons (Fsp3) is 0.250. The van der Waals surface area contributed by atoms with Gasteiger partial charge in [-0.2, -0.15) is 0 Å². The fourth-order valence-corrected chi connectivity index (χ4v) is 1.73. The van der Waals surface area contributed by atoms with Crippen LogP contribution in [0.4, 0.5) is 0 Å². The first kappa shape index (κ1) is 12.5. The van der Waals surface area contributed by atoms with E-state index in [1.165, 1.54) is 16.7 Å². The van der Waals surface area contributed by atoms with E-state index in [-0.39, 0.29) is 0 Å². The Balaban J connectivity index is 3.24. The summed E-state index contributed by atoms with van der Waals surface area (Å²) in [6.07, 6.45) is 8.10. The lowest BCUT2D eigenvalue weighted by molar-refractivity contribution is 0.863. The van der Waals surface area contributed by atoms with Crippen LogP contribution in [0.3, 0.4) is 0 Å². The average Bonchev–Trinajstić information content (AvgIpc) is 2.30. The first-order valence-corrected chi connectivity index (χ1v) is 5.75. The molecular formula is C16H20. The third kappa shape index (κ3) is 2.96. The second-order valence-corrected chi connectivity index (χ2v) is 4.09. The lowest BCUT2D eigenvalue weighted by Crippen LogP contribution is -1.94. The van der Waals surface area contributed by atoms with Gasteiger partial charge >= 0.3 is 0 Å². The van der Waals surface area contributed by atoms with Gasteiger partial charge in [0.15, 0.2) is 0 Å². The minimum Gasteiger partial charge on any atom is -0.0984 e. The van der Waals surface area contributed by atoms with E-state index in [2.05, 4.69) is 50.8 Å². The SMILES string of the molecule is C=C/C(=C\C=C/C)c1ccccc1C(C)C. The van der Waals surface area contributed by atoms with Gasteiger partial charge < -0.3 is 0 Å². The Kier molecular flexibility index (Phi) is 4.78. The van der Waals surface area contributed by atoms with Gasteiger partial charge in [0.25, 0.3) is 0 Å². The quantitative estimate of drug-likeness (QED) is 0.619. The van der Waals surface area contributed by atoms with Crippen molar-refractivity contribution in [2.75, 3.05) is 0 Å². The Morgan fingerprint density at radius 2 is 1.94 bits per heavy atom. The van der Waals surface area contributed by atoms with Gasteiger partial charge in [0.05, 0.1) is 0 Å². The molecule has 0 atom stereocenters. The molecule has 0 bridgehead atoms. The van der Waals surface area contributed by atoms with Crippen molar-refractivity contribution in [3.63, 3.8) is 0 Å². The monoisotopic (exact) mass is 212 g/mol. The van der Waals surface area contributed by atoms with Crippen molar-refractivity contribution in [3.05, 3.63) is 66.3 Å². The minimum atomic E-state index is 0.533. The number of hydrogen-bond donors (Lipinski definition) is 0. The Labute approximate surface area is 99.0 Å². The van der Waals surface area contributed by atoms with E-state index in [0.29, 0.717) is 5.92 Å². The second kappa shape index (κ2) is 6.12. The lowest BCUT2D eigenvalue weighted by atomic mass is 9.92. The first-order chi connectivity index (χ1) is 7.70. The lowest BCUT2D eigenvalue weighted by Gasteiger charge is -2.12. The minimum absolute atomic E-state index is 0.533. The molecule has 0 unspecified atom stereocenters. The first-order valence-electron chi connectivity index (χ1n) is 5.75. The highest BCUT2D eigenvalue weighted by molar-refractivity contribution is 5.77. The third-order valence-electron chi connectivity index (χ3n) is 2.58. The predicted molar refractivity (Wildman–Crippen MR) is 73.5 cm³/mol. The Morgan fingerprint density at radius 1 is 1.25 bits per heavy atom. The van der Waals surface area contributed by atoms with Gasteiger partial charge in [-0.25, -0.2) is 0 Å². The molecule has 0 heteroatoms. The van der Waals surface area contributed by atoms with E-state index in [0.717, 1.165) is 0 Å². The molecule has 0 nitrogen and oxygen atoms in total. The van der Waals surface area contributed by atoms with Crippen molar-refractivity contribution < 1.29 is 0 Å². The summed E-state index contributed by atoms with van der Waals surface area (Å²) in [5.41, 5.74) is 3.84. The molecule has 0 N–H and O–H groups in total. The summed E-state index contributed by atoms with van der Waals surface area (Å²) in [4.78, 5) is 0. The van der Waals surface area contributed by atoms with Gasteiger partial charge in [-0.05, 0) is 29.5 Å². The molecule has 0 aliphatic carbocycles. The number of benzene rings is 1. The standard InChI is InChI=1S/C16H20/c1-5-7-10-14(6-2)16-12-9-8-11-15(16)13(3)4/h5-13H,2H2,1,3-4H3/b7-5-,14-10+. The van der Waals surface area contributed by atoms with Crippen molar-refractivity contribution in [2.45, 2.75) is 26.7 Å². The molecule has 0 saturated carbocycles. The van der Waals surface area contributed by atoms with Crippen LogP contribution in [0, 0.1) is 0 Å². The normalized spacial score (nSPS) is 12.4. The van der Waals surface area contributed by atoms with Crippen LogP contribution < -0.4 is 0 Å². The van der Waals surface area contributed by atoms with Gasteiger partial charge in [0, 0.05) is 0 Å². The summed E-state index contributed by atoms with van der Waals surface area (Å²) in [6.45, 7) is 10.3. The number of hydrogen-bond acceptors (Lipinski definition) is 0. The van der Waals surface area contributed by atoms with E-state index in [4.69, 9.17) is 0 Å². The van der Waals surface area contributed by atoms with Crippen LogP contribution in [0.2, 0.25) is 0 Å². The fourth-order valence-electron chi connectivity index (χ4n) is 1.73. The molecule has 1 aromatic carbocycles. The van der Waals surface area contributed by atoms with Crippen LogP contribution in [-0.4, -0.2) is 0 Å². The summed E-state index contributed by atoms with van der Waals surface area (Å²) in [5.74, 6) is 0.533. The van der Waals surface area contributed by atoms with E-state index < -0.39 is 0 Å². The van der Waals surface area contributed by atoms with Crippen molar-refractivity contribution >= 4 is 5.57 Å². The molecule has 0 saturated heterocycles. The van der Waals surface area contributed by atoms with Gasteiger partial charge in [0.1, 0.15) is 0 Å². The van der Waals surface area contributed by atoms with Gasteiger partial charge in [0.2, 0.25) is 0 Å². The second-order valence-electron chi connectivity index (χ2n) is 4.09. The topological polar surface area (TPSA) is 0 Å². The third-order valence-corrected chi connectivity index (χ3v) is 2.58. The van der Waals surface area contributed by atoms with Gasteiger partial charge in [-0.3, -0.25) is 0 Å². The summed E-state index contributed by atoms with van der Waals surface area (Å²) in [6, 6.07) is 8.52. The molecular weight excluding hydrogens is 192 g/mol.